The third-order valence-electron chi connectivity index (χ3n) is 2.00. The molecule has 0 radical (unpaired) electrons. The van der Waals surface area contributed by atoms with Crippen LogP contribution in [0, 0.1) is 5.92 Å². The minimum Gasteiger partial charge on any atom is -0.382 e. The van der Waals surface area contributed by atoms with E-state index in [0.717, 1.165) is 6.42 Å². The fourth-order valence-corrected chi connectivity index (χ4v) is 1.29. The van der Waals surface area contributed by atoms with Crippen LogP contribution < -0.4 is 11.1 Å². The van der Waals surface area contributed by atoms with Gasteiger partial charge in [-0.1, -0.05) is 13.8 Å². The molecule has 16 heavy (non-hydrogen) atoms. The molecule has 0 aliphatic carbocycles. The minimum absolute atomic E-state index is 0.0166. The Morgan fingerprint density at radius 2 is 2.06 bits per heavy atom. The molecule has 0 aromatic carbocycles. The van der Waals surface area contributed by atoms with Gasteiger partial charge in [0.05, 0.1) is 13.2 Å². The lowest BCUT2D eigenvalue weighted by molar-refractivity contribution is -0.126. The Hall–Kier alpha value is -0.650. The molecule has 1 unspecified atom stereocenters. The van der Waals surface area contributed by atoms with E-state index in [1.54, 1.807) is 7.11 Å². The summed E-state index contributed by atoms with van der Waals surface area (Å²) in [5, 5.41) is 2.73. The molecule has 1 atom stereocenters. The van der Waals surface area contributed by atoms with Crippen LogP contribution in [0.15, 0.2) is 0 Å². The second kappa shape index (κ2) is 9.57. The average molecular weight is 232 g/mol. The third kappa shape index (κ3) is 9.89. The zero-order chi connectivity index (χ0) is 12.4. The summed E-state index contributed by atoms with van der Waals surface area (Å²) < 4.78 is 9.86. The highest BCUT2D eigenvalue weighted by atomic mass is 16.5. The van der Waals surface area contributed by atoms with Gasteiger partial charge in [0.15, 0.2) is 0 Å². The summed E-state index contributed by atoms with van der Waals surface area (Å²) in [6.45, 7) is 5.72. The first-order chi connectivity index (χ1) is 7.56. The van der Waals surface area contributed by atoms with Crippen LogP contribution >= 0.6 is 0 Å². The normalized spacial score (nSPS) is 12.8. The lowest BCUT2D eigenvalue weighted by Gasteiger charge is -2.14. The minimum atomic E-state index is -0.129. The summed E-state index contributed by atoms with van der Waals surface area (Å²) in [4.78, 5) is 11.3. The Labute approximate surface area is 97.7 Å². The predicted molar refractivity (Wildman–Crippen MR) is 63.1 cm³/mol. The number of hydrogen-bond acceptors (Lipinski definition) is 4. The van der Waals surface area contributed by atoms with E-state index in [4.69, 9.17) is 15.2 Å². The van der Waals surface area contributed by atoms with Crippen LogP contribution in [-0.4, -0.2) is 45.4 Å². The van der Waals surface area contributed by atoms with Gasteiger partial charge >= 0.3 is 0 Å². The van der Waals surface area contributed by atoms with Crippen molar-refractivity contribution in [2.75, 3.05) is 33.5 Å². The SMILES string of the molecule is COCCOCC(=O)NCC(N)CC(C)C. The van der Waals surface area contributed by atoms with Crippen molar-refractivity contribution in [2.24, 2.45) is 11.7 Å². The van der Waals surface area contributed by atoms with E-state index in [2.05, 4.69) is 19.2 Å². The van der Waals surface area contributed by atoms with Crippen molar-refractivity contribution in [1.29, 1.82) is 0 Å². The van der Waals surface area contributed by atoms with E-state index >= 15 is 0 Å². The molecule has 0 aromatic rings. The Bertz CT molecular complexity index is 186. The molecule has 0 bridgehead atoms. The number of nitrogens with two attached hydrogens (primary N) is 1. The van der Waals surface area contributed by atoms with E-state index in [1.807, 2.05) is 0 Å². The Balaban J connectivity index is 3.42. The maximum Gasteiger partial charge on any atom is 0.246 e. The topological polar surface area (TPSA) is 73.6 Å². The number of amides is 1. The molecule has 0 aliphatic heterocycles. The monoisotopic (exact) mass is 232 g/mol. The number of hydrogen-bond donors (Lipinski definition) is 2. The van der Waals surface area contributed by atoms with Crippen LogP contribution in [0.5, 0.6) is 0 Å². The van der Waals surface area contributed by atoms with Crippen LogP contribution in [0.3, 0.4) is 0 Å². The number of carbonyl (C=O) groups excluding carboxylic acids is 1. The van der Waals surface area contributed by atoms with Crippen LogP contribution in [0.25, 0.3) is 0 Å². The van der Waals surface area contributed by atoms with Crippen molar-refractivity contribution < 1.29 is 14.3 Å². The maximum absolute atomic E-state index is 11.3. The summed E-state index contributed by atoms with van der Waals surface area (Å²) in [5.41, 5.74) is 5.82. The van der Waals surface area contributed by atoms with Crippen LogP contribution in [-0.2, 0) is 14.3 Å². The van der Waals surface area contributed by atoms with E-state index in [9.17, 15) is 4.79 Å². The molecule has 0 fully saturated rings. The van der Waals surface area contributed by atoms with E-state index < -0.39 is 0 Å². The lowest BCUT2D eigenvalue weighted by atomic mass is 10.0. The first kappa shape index (κ1) is 15.3. The van der Waals surface area contributed by atoms with Crippen molar-refractivity contribution in [3.63, 3.8) is 0 Å². The van der Waals surface area contributed by atoms with Crippen molar-refractivity contribution in [3.05, 3.63) is 0 Å². The molecule has 5 heteroatoms. The second-order valence-electron chi connectivity index (χ2n) is 4.24. The summed E-state index contributed by atoms with van der Waals surface area (Å²) in [5.74, 6) is 0.417. The van der Waals surface area contributed by atoms with Gasteiger partial charge in [-0.3, -0.25) is 4.79 Å². The summed E-state index contributed by atoms with van der Waals surface area (Å²) in [7, 11) is 1.59. The number of rotatable bonds is 9. The van der Waals surface area contributed by atoms with Gasteiger partial charge in [0.2, 0.25) is 5.91 Å². The van der Waals surface area contributed by atoms with Crippen LogP contribution in [0.2, 0.25) is 0 Å². The smallest absolute Gasteiger partial charge is 0.246 e. The van der Waals surface area contributed by atoms with E-state index in [-0.39, 0.29) is 18.6 Å². The van der Waals surface area contributed by atoms with Gasteiger partial charge in [-0.25, -0.2) is 0 Å². The Morgan fingerprint density at radius 1 is 1.38 bits per heavy atom. The molecule has 0 saturated heterocycles. The molecule has 0 spiro atoms. The summed E-state index contributed by atoms with van der Waals surface area (Å²) >= 11 is 0. The van der Waals surface area contributed by atoms with Gasteiger partial charge < -0.3 is 20.5 Å². The standard InChI is InChI=1S/C11H24N2O3/c1-9(2)6-10(12)7-13-11(14)8-16-5-4-15-3/h9-10H,4-8,12H2,1-3H3,(H,13,14). The highest BCUT2D eigenvalue weighted by Gasteiger charge is 2.07. The van der Waals surface area contributed by atoms with Crippen molar-refractivity contribution in [2.45, 2.75) is 26.3 Å². The first-order valence-electron chi connectivity index (χ1n) is 5.65. The quantitative estimate of drug-likeness (QED) is 0.555. The highest BCUT2D eigenvalue weighted by molar-refractivity contribution is 5.77. The van der Waals surface area contributed by atoms with E-state index in [0.29, 0.717) is 25.7 Å². The molecule has 0 aliphatic rings. The first-order valence-corrected chi connectivity index (χ1v) is 5.65. The van der Waals surface area contributed by atoms with Crippen LogP contribution in [0.4, 0.5) is 0 Å². The zero-order valence-corrected chi connectivity index (χ0v) is 10.5. The second-order valence-corrected chi connectivity index (χ2v) is 4.24. The number of nitrogens with one attached hydrogen (secondary N) is 1. The zero-order valence-electron chi connectivity index (χ0n) is 10.5. The number of ether oxygens (including phenoxy) is 2. The Kier molecular flexibility index (Phi) is 9.18. The van der Waals surface area contributed by atoms with E-state index in [1.165, 1.54) is 0 Å². The Morgan fingerprint density at radius 3 is 2.62 bits per heavy atom. The molecule has 0 saturated carbocycles. The lowest BCUT2D eigenvalue weighted by Crippen LogP contribution is -2.39. The van der Waals surface area contributed by atoms with Crippen LogP contribution in [0.1, 0.15) is 20.3 Å². The molecule has 0 heterocycles. The molecule has 3 N–H and O–H groups in total. The fourth-order valence-electron chi connectivity index (χ4n) is 1.29. The number of methoxy groups -OCH3 is 1. The molecule has 5 nitrogen and oxygen atoms in total. The molecule has 96 valence electrons. The molecular weight excluding hydrogens is 208 g/mol. The third-order valence-corrected chi connectivity index (χ3v) is 2.00. The van der Waals surface area contributed by atoms with Gasteiger partial charge in [-0.2, -0.15) is 0 Å². The highest BCUT2D eigenvalue weighted by Crippen LogP contribution is 2.01. The molecule has 0 aromatic heterocycles. The van der Waals surface area contributed by atoms with Gasteiger partial charge in [0.25, 0.3) is 0 Å². The van der Waals surface area contributed by atoms with Gasteiger partial charge in [0, 0.05) is 19.7 Å². The summed E-state index contributed by atoms with van der Waals surface area (Å²) in [6, 6.07) is 0.0166. The largest absolute Gasteiger partial charge is 0.382 e. The predicted octanol–water partition coefficient (Wildman–Crippen LogP) is 0.139. The fraction of sp³-hybridized carbons (Fsp3) is 0.909. The molecule has 1 amide bonds. The molecule has 0 rings (SSSR count). The van der Waals surface area contributed by atoms with Crippen molar-refractivity contribution in [1.82, 2.24) is 5.32 Å². The van der Waals surface area contributed by atoms with Gasteiger partial charge in [-0.15, -0.1) is 0 Å². The van der Waals surface area contributed by atoms with Crippen molar-refractivity contribution >= 4 is 5.91 Å². The van der Waals surface area contributed by atoms with Crippen molar-refractivity contribution in [3.8, 4) is 0 Å². The molecular formula is C11H24N2O3. The van der Waals surface area contributed by atoms with Gasteiger partial charge in [0.1, 0.15) is 6.61 Å². The average Bonchev–Trinajstić information content (AvgIpc) is 2.20. The van der Waals surface area contributed by atoms with Gasteiger partial charge in [-0.05, 0) is 12.3 Å². The maximum atomic E-state index is 11.3. The number of carbonyl (C=O) groups is 1. The summed E-state index contributed by atoms with van der Waals surface area (Å²) in [6.07, 6.45) is 0.908.